The van der Waals surface area contributed by atoms with Gasteiger partial charge < -0.3 is 20.9 Å². The molecule has 2 aromatic heterocycles. The van der Waals surface area contributed by atoms with Gasteiger partial charge in [-0.15, -0.1) is 0 Å². The second-order valence-electron chi connectivity index (χ2n) is 9.64. The van der Waals surface area contributed by atoms with Crippen molar-refractivity contribution in [3.8, 4) is 12.1 Å². The topological polar surface area (TPSA) is 133 Å². The molecule has 2 aliphatic heterocycles. The molecule has 0 bridgehead atoms. The Morgan fingerprint density at radius 1 is 1.14 bits per heavy atom. The first-order valence-electron chi connectivity index (χ1n) is 12.2. The van der Waals surface area contributed by atoms with E-state index in [1.807, 2.05) is 6.07 Å². The van der Waals surface area contributed by atoms with E-state index >= 15 is 0 Å². The number of hydrogen-bond acceptors (Lipinski definition) is 10. The van der Waals surface area contributed by atoms with Crippen LogP contribution in [0.4, 0.5) is 23.3 Å². The number of benzene rings is 1. The molecular weight excluding hydrogens is 478 g/mol. The molecule has 3 fully saturated rings. The van der Waals surface area contributed by atoms with Crippen molar-refractivity contribution in [1.29, 1.82) is 10.5 Å². The van der Waals surface area contributed by atoms with E-state index in [1.54, 1.807) is 10.6 Å². The van der Waals surface area contributed by atoms with Gasteiger partial charge in [0, 0.05) is 50.8 Å². The van der Waals surface area contributed by atoms with Crippen LogP contribution in [0.2, 0.25) is 5.02 Å². The normalized spacial score (nSPS) is 20.6. The maximum Gasteiger partial charge on any atom is 0.232 e. The van der Waals surface area contributed by atoms with Gasteiger partial charge in [-0.2, -0.15) is 30.1 Å². The SMILES string of the molecule is C[C@H]1CN(C2CNC2)CCN1c1cc(C#N)cc(Nc2nc(NC3CC3)n3ncc(C#N)c3n2)c1Cl. The molecule has 1 aliphatic carbocycles. The summed E-state index contributed by atoms with van der Waals surface area (Å²) in [5.74, 6) is 0.787. The highest BCUT2D eigenvalue weighted by Crippen LogP contribution is 2.38. The monoisotopic (exact) mass is 503 g/mol. The van der Waals surface area contributed by atoms with Crippen molar-refractivity contribution < 1.29 is 0 Å². The maximum absolute atomic E-state index is 9.75. The number of anilines is 4. The predicted molar refractivity (Wildman–Crippen MR) is 137 cm³/mol. The average molecular weight is 504 g/mol. The zero-order valence-electron chi connectivity index (χ0n) is 19.9. The Labute approximate surface area is 213 Å². The molecule has 11 nitrogen and oxygen atoms in total. The van der Waals surface area contributed by atoms with E-state index in [9.17, 15) is 10.5 Å². The van der Waals surface area contributed by atoms with Crippen molar-refractivity contribution >= 4 is 40.5 Å². The standard InChI is InChI=1S/C24H26ClN11/c1-14-13-34(18-11-28-12-18)4-5-35(14)20-7-15(8-26)6-19(21(20)25)31-23-32-22-16(9-27)10-29-36(22)24(33-23)30-17-2-3-17/h6-7,10,14,17-18,28H,2-5,11-13H2,1H3,(H2,30,31,32,33)/t14-/m0/s1. The van der Waals surface area contributed by atoms with Crippen LogP contribution in [0, 0.1) is 22.7 Å². The molecule has 0 amide bonds. The lowest BCUT2D eigenvalue weighted by atomic mass is 10.0. The van der Waals surface area contributed by atoms with Gasteiger partial charge in [-0.3, -0.25) is 4.90 Å². The first kappa shape index (κ1) is 22.8. The van der Waals surface area contributed by atoms with Crippen molar-refractivity contribution in [3.63, 3.8) is 0 Å². The highest BCUT2D eigenvalue weighted by Gasteiger charge is 2.32. The van der Waals surface area contributed by atoms with Crippen LogP contribution in [0.15, 0.2) is 18.3 Å². The molecule has 3 aliphatic rings. The summed E-state index contributed by atoms with van der Waals surface area (Å²) < 4.78 is 1.54. The number of nitrogens with zero attached hydrogens (tertiary/aromatic N) is 8. The number of nitrogens with one attached hydrogen (secondary N) is 3. The zero-order chi connectivity index (χ0) is 24.8. The maximum atomic E-state index is 9.75. The van der Waals surface area contributed by atoms with Crippen molar-refractivity contribution in [2.75, 3.05) is 48.3 Å². The van der Waals surface area contributed by atoms with Crippen LogP contribution in [-0.2, 0) is 0 Å². The summed E-state index contributed by atoms with van der Waals surface area (Å²) in [6, 6.07) is 9.11. The highest BCUT2D eigenvalue weighted by atomic mass is 35.5. The number of aromatic nitrogens is 4. The lowest BCUT2D eigenvalue weighted by molar-refractivity contribution is 0.122. The van der Waals surface area contributed by atoms with Gasteiger partial charge in [0.1, 0.15) is 11.6 Å². The number of fused-ring (bicyclic) bond motifs is 1. The van der Waals surface area contributed by atoms with Crippen LogP contribution in [0.25, 0.3) is 5.65 Å². The summed E-state index contributed by atoms with van der Waals surface area (Å²) in [6.07, 6.45) is 3.60. The van der Waals surface area contributed by atoms with E-state index in [0.29, 0.717) is 45.5 Å². The van der Waals surface area contributed by atoms with Crippen molar-refractivity contribution in [2.45, 2.75) is 37.9 Å². The molecule has 0 unspecified atom stereocenters. The van der Waals surface area contributed by atoms with Crippen molar-refractivity contribution in [2.24, 2.45) is 0 Å². The Kier molecular flexibility index (Phi) is 5.76. The van der Waals surface area contributed by atoms with E-state index in [4.69, 9.17) is 11.6 Å². The molecule has 12 heteroatoms. The van der Waals surface area contributed by atoms with Crippen LogP contribution < -0.4 is 20.9 Å². The average Bonchev–Trinajstić information content (AvgIpc) is 3.55. The van der Waals surface area contributed by atoms with E-state index in [2.05, 4.69) is 59.9 Å². The van der Waals surface area contributed by atoms with Gasteiger partial charge in [0.05, 0.1) is 34.2 Å². The van der Waals surface area contributed by atoms with Gasteiger partial charge in [-0.25, -0.2) is 0 Å². The van der Waals surface area contributed by atoms with Crippen molar-refractivity contribution in [1.82, 2.24) is 29.8 Å². The van der Waals surface area contributed by atoms with Gasteiger partial charge in [0.2, 0.25) is 11.9 Å². The zero-order valence-corrected chi connectivity index (χ0v) is 20.6. The quantitative estimate of drug-likeness (QED) is 0.460. The number of nitriles is 2. The number of rotatable bonds is 6. The Balaban J connectivity index is 1.33. The molecule has 2 saturated heterocycles. The Morgan fingerprint density at radius 2 is 1.97 bits per heavy atom. The lowest BCUT2D eigenvalue weighted by Crippen LogP contribution is -2.63. The molecule has 6 rings (SSSR count). The summed E-state index contributed by atoms with van der Waals surface area (Å²) in [7, 11) is 0. The highest BCUT2D eigenvalue weighted by molar-refractivity contribution is 6.36. The molecule has 0 radical (unpaired) electrons. The van der Waals surface area contributed by atoms with Crippen LogP contribution in [0.3, 0.4) is 0 Å². The van der Waals surface area contributed by atoms with Crippen LogP contribution in [-0.4, -0.2) is 75.3 Å². The fourth-order valence-electron chi connectivity index (χ4n) is 4.82. The van der Waals surface area contributed by atoms with Crippen LogP contribution in [0.1, 0.15) is 30.9 Å². The second kappa shape index (κ2) is 9.10. The van der Waals surface area contributed by atoms with Gasteiger partial charge in [0.15, 0.2) is 5.65 Å². The summed E-state index contributed by atoms with van der Waals surface area (Å²) >= 11 is 6.94. The Hall–Kier alpha value is -3.64. The molecule has 36 heavy (non-hydrogen) atoms. The molecule has 3 aromatic rings. The summed E-state index contributed by atoms with van der Waals surface area (Å²) in [5, 5.41) is 33.9. The van der Waals surface area contributed by atoms with Crippen molar-refractivity contribution in [3.05, 3.63) is 34.5 Å². The van der Waals surface area contributed by atoms with E-state index in [1.165, 1.54) is 6.20 Å². The molecule has 0 spiro atoms. The third-order valence-corrected chi connectivity index (χ3v) is 7.47. The van der Waals surface area contributed by atoms with Gasteiger partial charge in [0.25, 0.3) is 0 Å². The smallest absolute Gasteiger partial charge is 0.232 e. The Morgan fingerprint density at radius 3 is 2.64 bits per heavy atom. The summed E-state index contributed by atoms with van der Waals surface area (Å²) in [5.41, 5.74) is 2.61. The van der Waals surface area contributed by atoms with E-state index in [-0.39, 0.29) is 12.0 Å². The predicted octanol–water partition coefficient (Wildman–Crippen LogP) is 2.32. The first-order chi connectivity index (χ1) is 17.5. The fourth-order valence-corrected chi connectivity index (χ4v) is 5.08. The van der Waals surface area contributed by atoms with E-state index in [0.717, 1.165) is 51.3 Å². The molecule has 184 valence electrons. The lowest BCUT2D eigenvalue weighted by Gasteiger charge is -2.47. The second-order valence-corrected chi connectivity index (χ2v) is 10.0. The third-order valence-electron chi connectivity index (χ3n) is 7.07. The summed E-state index contributed by atoms with van der Waals surface area (Å²) in [6.45, 7) is 6.98. The minimum atomic E-state index is 0.241. The van der Waals surface area contributed by atoms with Gasteiger partial charge in [-0.05, 0) is 31.9 Å². The Bertz CT molecular complexity index is 1400. The van der Waals surface area contributed by atoms with Gasteiger partial charge >= 0.3 is 0 Å². The number of halogens is 1. The molecule has 1 atom stereocenters. The fraction of sp³-hybridized carbons (Fsp3) is 0.458. The van der Waals surface area contributed by atoms with E-state index < -0.39 is 0 Å². The first-order valence-corrected chi connectivity index (χ1v) is 12.6. The van der Waals surface area contributed by atoms with Crippen LogP contribution >= 0.6 is 11.6 Å². The molecule has 1 saturated carbocycles. The third kappa shape index (κ3) is 4.16. The minimum Gasteiger partial charge on any atom is -0.365 e. The molecular formula is C24H26ClN11. The largest absolute Gasteiger partial charge is 0.365 e. The number of piperazine rings is 1. The molecule has 1 aromatic carbocycles. The molecule has 4 heterocycles. The minimum absolute atomic E-state index is 0.241. The summed E-state index contributed by atoms with van der Waals surface area (Å²) in [4.78, 5) is 13.9. The number of hydrogen-bond donors (Lipinski definition) is 3. The van der Waals surface area contributed by atoms with Crippen LogP contribution in [0.5, 0.6) is 0 Å². The van der Waals surface area contributed by atoms with Gasteiger partial charge in [-0.1, -0.05) is 11.6 Å². The molecule has 3 N–H and O–H groups in total.